The van der Waals surface area contributed by atoms with E-state index in [-0.39, 0.29) is 5.69 Å². The first-order valence-corrected chi connectivity index (χ1v) is 5.98. The van der Waals surface area contributed by atoms with Crippen molar-refractivity contribution in [3.63, 3.8) is 0 Å². The molecule has 0 aliphatic heterocycles. The smallest absolute Gasteiger partial charge is 0.275 e. The van der Waals surface area contributed by atoms with E-state index in [1.807, 2.05) is 6.92 Å². The highest BCUT2D eigenvalue weighted by Crippen LogP contribution is 2.32. The molecule has 7 heteroatoms. The minimum atomic E-state index is -0.436. The van der Waals surface area contributed by atoms with Gasteiger partial charge < -0.3 is 9.73 Å². The van der Waals surface area contributed by atoms with Crippen LogP contribution in [0.25, 0.3) is 0 Å². The summed E-state index contributed by atoms with van der Waals surface area (Å²) in [4.78, 5) is 15.5. The maximum absolute atomic E-state index is 10.8. The molecule has 6 nitrogen and oxygen atoms in total. The van der Waals surface area contributed by atoms with Crippen molar-refractivity contribution in [2.45, 2.75) is 16.8 Å². The SMILES string of the molecule is CNc1cc([N+](=O)[O-])cc(Sc2ccoc2C)n1. The second kappa shape index (κ2) is 5.09. The van der Waals surface area contributed by atoms with Crippen LogP contribution in [-0.4, -0.2) is 17.0 Å². The zero-order valence-electron chi connectivity index (χ0n) is 9.84. The summed E-state index contributed by atoms with van der Waals surface area (Å²) in [5.41, 5.74) is 0.0120. The molecule has 2 heterocycles. The number of hydrogen-bond acceptors (Lipinski definition) is 6. The van der Waals surface area contributed by atoms with Crippen LogP contribution in [0.4, 0.5) is 11.5 Å². The van der Waals surface area contributed by atoms with E-state index in [4.69, 9.17) is 4.42 Å². The molecule has 0 bridgehead atoms. The third-order valence-corrected chi connectivity index (χ3v) is 3.34. The van der Waals surface area contributed by atoms with Crippen molar-refractivity contribution >= 4 is 23.3 Å². The van der Waals surface area contributed by atoms with Gasteiger partial charge in [0.05, 0.1) is 22.1 Å². The molecule has 2 aromatic rings. The Morgan fingerprint density at radius 2 is 2.28 bits per heavy atom. The van der Waals surface area contributed by atoms with Crippen LogP contribution in [-0.2, 0) is 0 Å². The number of hydrogen-bond donors (Lipinski definition) is 1. The third kappa shape index (κ3) is 2.62. The van der Waals surface area contributed by atoms with Gasteiger partial charge in [0.25, 0.3) is 5.69 Å². The molecular weight excluding hydrogens is 254 g/mol. The fourth-order valence-electron chi connectivity index (χ4n) is 1.37. The Labute approximate surface area is 108 Å². The Kier molecular flexibility index (Phi) is 3.52. The monoisotopic (exact) mass is 265 g/mol. The van der Waals surface area contributed by atoms with Gasteiger partial charge in [0.2, 0.25) is 0 Å². The zero-order valence-corrected chi connectivity index (χ0v) is 10.7. The molecule has 0 aromatic carbocycles. The molecule has 0 saturated carbocycles. The van der Waals surface area contributed by atoms with E-state index in [0.29, 0.717) is 10.8 Å². The molecule has 0 aliphatic rings. The fourth-order valence-corrected chi connectivity index (χ4v) is 2.23. The Hall–Kier alpha value is -2.02. The van der Waals surface area contributed by atoms with Gasteiger partial charge in [-0.25, -0.2) is 4.98 Å². The average Bonchev–Trinajstić information content (AvgIpc) is 2.74. The molecule has 0 fully saturated rings. The lowest BCUT2D eigenvalue weighted by Crippen LogP contribution is -1.96. The quantitative estimate of drug-likeness (QED) is 0.675. The van der Waals surface area contributed by atoms with Crippen molar-refractivity contribution in [3.05, 3.63) is 40.3 Å². The van der Waals surface area contributed by atoms with Crippen molar-refractivity contribution in [2.75, 3.05) is 12.4 Å². The van der Waals surface area contributed by atoms with E-state index in [1.165, 1.54) is 23.9 Å². The van der Waals surface area contributed by atoms with Gasteiger partial charge in [-0.3, -0.25) is 10.1 Å². The lowest BCUT2D eigenvalue weighted by molar-refractivity contribution is -0.385. The minimum absolute atomic E-state index is 0.0120. The van der Waals surface area contributed by atoms with Gasteiger partial charge in [0.1, 0.15) is 16.6 Å². The summed E-state index contributed by atoms with van der Waals surface area (Å²) in [5.74, 6) is 1.23. The molecule has 0 amide bonds. The Morgan fingerprint density at radius 1 is 1.50 bits per heavy atom. The van der Waals surface area contributed by atoms with Gasteiger partial charge >= 0.3 is 0 Å². The molecule has 0 saturated heterocycles. The van der Waals surface area contributed by atoms with E-state index in [0.717, 1.165) is 10.7 Å². The van der Waals surface area contributed by atoms with Crippen LogP contribution in [0.2, 0.25) is 0 Å². The van der Waals surface area contributed by atoms with Crippen molar-refractivity contribution in [3.8, 4) is 0 Å². The van der Waals surface area contributed by atoms with Crippen LogP contribution in [0.1, 0.15) is 5.76 Å². The molecule has 0 aliphatic carbocycles. The van der Waals surface area contributed by atoms with Gasteiger partial charge in [-0.2, -0.15) is 0 Å². The predicted octanol–water partition coefficient (Wildman–Crippen LogP) is 3.08. The number of rotatable bonds is 4. The highest BCUT2D eigenvalue weighted by Gasteiger charge is 2.13. The summed E-state index contributed by atoms with van der Waals surface area (Å²) in [6.07, 6.45) is 1.58. The highest BCUT2D eigenvalue weighted by atomic mass is 32.2. The van der Waals surface area contributed by atoms with Crippen molar-refractivity contribution in [2.24, 2.45) is 0 Å². The number of aromatic nitrogens is 1. The Balaban J connectivity index is 2.35. The summed E-state index contributed by atoms with van der Waals surface area (Å²) in [6.45, 7) is 1.83. The topological polar surface area (TPSA) is 81.2 Å². The number of furan rings is 1. The highest BCUT2D eigenvalue weighted by molar-refractivity contribution is 7.99. The second-order valence-electron chi connectivity index (χ2n) is 3.50. The maximum Gasteiger partial charge on any atom is 0.275 e. The molecular formula is C11H11N3O3S. The number of nitrogens with one attached hydrogen (secondary N) is 1. The summed E-state index contributed by atoms with van der Waals surface area (Å²) >= 11 is 1.33. The molecule has 0 spiro atoms. The molecule has 94 valence electrons. The fraction of sp³-hybridized carbons (Fsp3) is 0.182. The number of aryl methyl sites for hydroxylation is 1. The van der Waals surface area contributed by atoms with Crippen LogP contribution >= 0.6 is 11.8 Å². The molecule has 0 atom stereocenters. The van der Waals surface area contributed by atoms with Crippen LogP contribution in [0.5, 0.6) is 0 Å². The van der Waals surface area contributed by atoms with E-state index in [9.17, 15) is 10.1 Å². The second-order valence-corrected chi connectivity index (χ2v) is 4.56. The van der Waals surface area contributed by atoms with Crippen LogP contribution in [0.3, 0.4) is 0 Å². The standard InChI is InChI=1S/C11H11N3O3S/c1-7-9(3-4-17-7)18-11-6-8(14(15)16)5-10(12-2)13-11/h3-6H,1-2H3,(H,12,13). The summed E-state index contributed by atoms with van der Waals surface area (Å²) in [6, 6.07) is 4.64. The molecule has 0 radical (unpaired) electrons. The first kappa shape index (κ1) is 12.4. The minimum Gasteiger partial charge on any atom is -0.468 e. The lowest BCUT2D eigenvalue weighted by Gasteiger charge is -2.03. The summed E-state index contributed by atoms with van der Waals surface area (Å²) < 4.78 is 5.17. The molecule has 2 aromatic heterocycles. The van der Waals surface area contributed by atoms with Crippen LogP contribution in [0.15, 0.2) is 38.8 Å². The number of pyridine rings is 1. The van der Waals surface area contributed by atoms with E-state index >= 15 is 0 Å². The summed E-state index contributed by atoms with van der Waals surface area (Å²) in [7, 11) is 1.67. The average molecular weight is 265 g/mol. The first-order chi connectivity index (χ1) is 8.60. The number of anilines is 1. The Morgan fingerprint density at radius 3 is 2.83 bits per heavy atom. The van der Waals surface area contributed by atoms with E-state index in [2.05, 4.69) is 10.3 Å². The first-order valence-electron chi connectivity index (χ1n) is 5.16. The van der Waals surface area contributed by atoms with Crippen molar-refractivity contribution in [1.82, 2.24) is 4.98 Å². The van der Waals surface area contributed by atoms with Gasteiger partial charge in [0, 0.05) is 13.1 Å². The van der Waals surface area contributed by atoms with Gasteiger partial charge in [-0.1, -0.05) is 11.8 Å². The number of nitro groups is 1. The number of nitrogens with zero attached hydrogens (tertiary/aromatic N) is 2. The summed E-state index contributed by atoms with van der Waals surface area (Å²) in [5, 5.41) is 14.2. The zero-order chi connectivity index (χ0) is 13.1. The van der Waals surface area contributed by atoms with E-state index in [1.54, 1.807) is 19.4 Å². The van der Waals surface area contributed by atoms with Gasteiger partial charge in [0.15, 0.2) is 0 Å². The van der Waals surface area contributed by atoms with Gasteiger partial charge in [-0.05, 0) is 13.0 Å². The van der Waals surface area contributed by atoms with Gasteiger partial charge in [-0.15, -0.1) is 0 Å². The largest absolute Gasteiger partial charge is 0.468 e. The maximum atomic E-state index is 10.8. The molecule has 0 unspecified atom stereocenters. The van der Waals surface area contributed by atoms with Crippen molar-refractivity contribution in [1.29, 1.82) is 0 Å². The predicted molar refractivity (Wildman–Crippen MR) is 68.0 cm³/mol. The lowest BCUT2D eigenvalue weighted by atomic mass is 10.4. The molecule has 1 N–H and O–H groups in total. The molecule has 2 rings (SSSR count). The Bertz CT molecular complexity index is 583. The van der Waals surface area contributed by atoms with Crippen LogP contribution < -0.4 is 5.32 Å². The molecule has 18 heavy (non-hydrogen) atoms. The third-order valence-electron chi connectivity index (χ3n) is 2.28. The van der Waals surface area contributed by atoms with Crippen molar-refractivity contribution < 1.29 is 9.34 Å². The van der Waals surface area contributed by atoms with Crippen LogP contribution in [0, 0.1) is 17.0 Å². The van der Waals surface area contributed by atoms with E-state index < -0.39 is 4.92 Å². The normalized spacial score (nSPS) is 10.3.